The fourth-order valence-electron chi connectivity index (χ4n) is 3.38. The summed E-state index contributed by atoms with van der Waals surface area (Å²) in [6.45, 7) is 5.57. The number of hydrogen-bond acceptors (Lipinski definition) is 3. The normalized spacial score (nSPS) is 17.6. The van der Waals surface area contributed by atoms with Crippen molar-refractivity contribution < 1.29 is 4.79 Å². The van der Waals surface area contributed by atoms with Crippen LogP contribution in [0.3, 0.4) is 0 Å². The van der Waals surface area contributed by atoms with Crippen LogP contribution in [0.2, 0.25) is 5.02 Å². The third-order valence-corrected chi connectivity index (χ3v) is 6.15. The molecule has 1 unspecified atom stereocenters. The summed E-state index contributed by atoms with van der Waals surface area (Å²) < 4.78 is 0. The topological polar surface area (TPSA) is 32.3 Å². The van der Waals surface area contributed by atoms with Crippen LogP contribution in [-0.4, -0.2) is 36.2 Å². The second-order valence-corrected chi connectivity index (χ2v) is 8.76. The Hall–Kier alpha value is -1.49. The first-order valence-electron chi connectivity index (χ1n) is 9.54. The molecule has 0 aliphatic carbocycles. The van der Waals surface area contributed by atoms with Crippen LogP contribution in [-0.2, 0) is 11.3 Å². The van der Waals surface area contributed by atoms with Crippen molar-refractivity contribution in [3.63, 3.8) is 0 Å². The Morgan fingerprint density at radius 3 is 2.67 bits per heavy atom. The lowest BCUT2D eigenvalue weighted by Gasteiger charge is -2.32. The van der Waals surface area contributed by atoms with E-state index in [-0.39, 0.29) is 11.8 Å². The third kappa shape index (κ3) is 6.56. The SMILES string of the molecule is Cc1ccc(SCCNC(=O)C2CCCN(Cc3ccc(Cl)cc3)C2)cc1. The monoisotopic (exact) mass is 402 g/mol. The van der Waals surface area contributed by atoms with Gasteiger partial charge in [-0.15, -0.1) is 11.8 Å². The first-order chi connectivity index (χ1) is 13.1. The van der Waals surface area contributed by atoms with Crippen molar-refractivity contribution in [2.24, 2.45) is 5.92 Å². The molecule has 0 spiro atoms. The summed E-state index contributed by atoms with van der Waals surface area (Å²) in [5.74, 6) is 1.19. The van der Waals surface area contributed by atoms with Gasteiger partial charge >= 0.3 is 0 Å². The van der Waals surface area contributed by atoms with Crippen LogP contribution in [0.1, 0.15) is 24.0 Å². The van der Waals surface area contributed by atoms with Crippen LogP contribution < -0.4 is 5.32 Å². The Bertz CT molecular complexity index is 733. The summed E-state index contributed by atoms with van der Waals surface area (Å²) in [7, 11) is 0. The van der Waals surface area contributed by atoms with E-state index in [1.807, 2.05) is 12.1 Å². The fraction of sp³-hybridized carbons (Fsp3) is 0.409. The lowest BCUT2D eigenvalue weighted by atomic mass is 9.96. The van der Waals surface area contributed by atoms with E-state index in [2.05, 4.69) is 53.5 Å². The highest BCUT2D eigenvalue weighted by Gasteiger charge is 2.25. The van der Waals surface area contributed by atoms with Gasteiger partial charge in [0, 0.05) is 35.3 Å². The molecule has 1 aliphatic rings. The second-order valence-electron chi connectivity index (χ2n) is 7.15. The van der Waals surface area contributed by atoms with Gasteiger partial charge in [0.15, 0.2) is 0 Å². The zero-order valence-electron chi connectivity index (χ0n) is 15.8. The number of rotatable bonds is 7. The predicted molar refractivity (Wildman–Crippen MR) is 114 cm³/mol. The molecule has 3 nitrogen and oxygen atoms in total. The van der Waals surface area contributed by atoms with Gasteiger partial charge in [0.2, 0.25) is 5.91 Å². The van der Waals surface area contributed by atoms with Gasteiger partial charge in [0.05, 0.1) is 5.92 Å². The van der Waals surface area contributed by atoms with Crippen molar-refractivity contribution in [3.05, 3.63) is 64.7 Å². The van der Waals surface area contributed by atoms with Crippen LogP contribution in [0.25, 0.3) is 0 Å². The van der Waals surface area contributed by atoms with Gasteiger partial charge in [0.25, 0.3) is 0 Å². The molecule has 144 valence electrons. The number of benzene rings is 2. The molecule has 0 saturated carbocycles. The Morgan fingerprint density at radius 2 is 1.93 bits per heavy atom. The van der Waals surface area contributed by atoms with Gasteiger partial charge in [-0.3, -0.25) is 9.69 Å². The van der Waals surface area contributed by atoms with Crippen molar-refractivity contribution in [3.8, 4) is 0 Å². The molecule has 1 fully saturated rings. The lowest BCUT2D eigenvalue weighted by Crippen LogP contribution is -2.43. The number of nitrogens with one attached hydrogen (secondary N) is 1. The first kappa shape index (κ1) is 20.2. The van der Waals surface area contributed by atoms with Gasteiger partial charge in [-0.05, 0) is 56.1 Å². The van der Waals surface area contributed by atoms with Crippen LogP contribution in [0.4, 0.5) is 0 Å². The number of carbonyl (C=O) groups excluding carboxylic acids is 1. The molecule has 27 heavy (non-hydrogen) atoms. The number of likely N-dealkylation sites (tertiary alicyclic amines) is 1. The summed E-state index contributed by atoms with van der Waals surface area (Å²) in [6, 6.07) is 16.5. The lowest BCUT2D eigenvalue weighted by molar-refractivity contribution is -0.126. The minimum absolute atomic E-state index is 0.0930. The van der Waals surface area contributed by atoms with E-state index in [4.69, 9.17) is 11.6 Å². The number of hydrogen-bond donors (Lipinski definition) is 1. The molecule has 5 heteroatoms. The zero-order valence-corrected chi connectivity index (χ0v) is 17.4. The van der Waals surface area contributed by atoms with Gasteiger partial charge in [-0.2, -0.15) is 0 Å². The molecule has 1 aliphatic heterocycles. The molecule has 1 N–H and O–H groups in total. The van der Waals surface area contributed by atoms with E-state index >= 15 is 0 Å². The van der Waals surface area contributed by atoms with Crippen LogP contribution in [0, 0.1) is 12.8 Å². The maximum Gasteiger partial charge on any atom is 0.224 e. The summed E-state index contributed by atoms with van der Waals surface area (Å²) >= 11 is 7.74. The second kappa shape index (κ2) is 10.2. The number of thioether (sulfide) groups is 1. The highest BCUT2D eigenvalue weighted by molar-refractivity contribution is 7.99. The van der Waals surface area contributed by atoms with Gasteiger partial charge in [0.1, 0.15) is 0 Å². The van der Waals surface area contributed by atoms with Crippen molar-refractivity contribution in [1.29, 1.82) is 0 Å². The molecule has 0 aromatic heterocycles. The van der Waals surface area contributed by atoms with Gasteiger partial charge < -0.3 is 5.32 Å². The molecule has 1 heterocycles. The summed E-state index contributed by atoms with van der Waals surface area (Å²) in [5, 5.41) is 3.88. The van der Waals surface area contributed by atoms with Crippen molar-refractivity contribution in [1.82, 2.24) is 10.2 Å². The summed E-state index contributed by atoms with van der Waals surface area (Å²) in [4.78, 5) is 16.2. The standard InChI is InChI=1S/C22H27ClN2OS/c1-17-4-10-21(11-5-17)27-14-12-24-22(26)19-3-2-13-25(16-19)15-18-6-8-20(23)9-7-18/h4-11,19H,2-3,12-16H2,1H3,(H,24,26). The third-order valence-electron chi connectivity index (χ3n) is 4.89. The van der Waals surface area contributed by atoms with Crippen molar-refractivity contribution >= 4 is 29.3 Å². The fourth-order valence-corrected chi connectivity index (χ4v) is 4.28. The van der Waals surface area contributed by atoms with Crippen LogP contribution in [0.15, 0.2) is 53.4 Å². The molecule has 3 rings (SSSR count). The molecular formula is C22H27ClN2OS. The number of nitrogens with zero attached hydrogens (tertiary/aromatic N) is 1. The van der Waals surface area contributed by atoms with Gasteiger partial charge in [-0.1, -0.05) is 41.4 Å². The Balaban J connectivity index is 1.40. The van der Waals surface area contributed by atoms with E-state index < -0.39 is 0 Å². The van der Waals surface area contributed by atoms with Crippen LogP contribution >= 0.6 is 23.4 Å². The van der Waals surface area contributed by atoms with E-state index in [1.54, 1.807) is 11.8 Å². The van der Waals surface area contributed by atoms with Gasteiger partial charge in [-0.25, -0.2) is 0 Å². The maximum absolute atomic E-state index is 12.5. The molecule has 2 aromatic carbocycles. The quantitative estimate of drug-likeness (QED) is 0.534. The molecule has 1 amide bonds. The summed E-state index contributed by atoms with van der Waals surface area (Å²) in [6.07, 6.45) is 2.05. The minimum Gasteiger partial charge on any atom is -0.355 e. The van der Waals surface area contributed by atoms with E-state index in [1.165, 1.54) is 16.0 Å². The highest BCUT2D eigenvalue weighted by Crippen LogP contribution is 2.20. The highest BCUT2D eigenvalue weighted by atomic mass is 35.5. The smallest absolute Gasteiger partial charge is 0.224 e. The Kier molecular flexibility index (Phi) is 7.62. The minimum atomic E-state index is 0.0930. The predicted octanol–water partition coefficient (Wildman–Crippen LogP) is 4.77. The maximum atomic E-state index is 12.5. The molecular weight excluding hydrogens is 376 g/mol. The molecule has 0 radical (unpaired) electrons. The molecule has 0 bridgehead atoms. The number of piperidine rings is 1. The number of amides is 1. The number of halogens is 1. The Morgan fingerprint density at radius 1 is 1.19 bits per heavy atom. The average Bonchev–Trinajstić information content (AvgIpc) is 2.68. The zero-order chi connectivity index (χ0) is 19.1. The molecule has 1 atom stereocenters. The van der Waals surface area contributed by atoms with Crippen LogP contribution in [0.5, 0.6) is 0 Å². The largest absolute Gasteiger partial charge is 0.355 e. The molecule has 1 saturated heterocycles. The summed E-state index contributed by atoms with van der Waals surface area (Å²) in [5.41, 5.74) is 2.52. The van der Waals surface area contributed by atoms with E-state index in [0.29, 0.717) is 6.54 Å². The average molecular weight is 403 g/mol. The van der Waals surface area contributed by atoms with Crippen molar-refractivity contribution in [2.75, 3.05) is 25.4 Å². The number of aryl methyl sites for hydroxylation is 1. The number of carbonyl (C=O) groups is 1. The Labute approximate surface area is 171 Å². The first-order valence-corrected chi connectivity index (χ1v) is 10.9. The van der Waals surface area contributed by atoms with E-state index in [0.717, 1.165) is 43.3 Å². The van der Waals surface area contributed by atoms with E-state index in [9.17, 15) is 4.79 Å². The van der Waals surface area contributed by atoms with Crippen molar-refractivity contribution in [2.45, 2.75) is 31.2 Å². The molecule has 2 aromatic rings.